The van der Waals surface area contributed by atoms with E-state index in [0.717, 1.165) is 0 Å². The molecule has 0 aliphatic rings. The van der Waals surface area contributed by atoms with Gasteiger partial charge in [0.2, 0.25) is 11.7 Å². The Morgan fingerprint density at radius 2 is 2.18 bits per heavy atom. The molecule has 0 radical (unpaired) electrons. The molecule has 0 saturated heterocycles. The highest BCUT2D eigenvalue weighted by molar-refractivity contribution is 5.13. The fraction of sp³-hybridized carbons (Fsp3) is 0.100. The molecule has 0 aliphatic carbocycles. The Balaban J connectivity index is 2.51. The van der Waals surface area contributed by atoms with Crippen LogP contribution in [0.15, 0.2) is 34.0 Å². The highest BCUT2D eigenvalue weighted by Crippen LogP contribution is 2.08. The van der Waals surface area contributed by atoms with Crippen LogP contribution in [0, 0.1) is 5.82 Å². The fourth-order valence-corrected chi connectivity index (χ4v) is 1.34. The first-order chi connectivity index (χ1) is 8.09. The number of H-pyrrole nitrogens is 1. The summed E-state index contributed by atoms with van der Waals surface area (Å²) in [4.78, 5) is 27.9. The lowest BCUT2D eigenvalue weighted by Crippen LogP contribution is -2.32. The molecule has 2 rings (SSSR count). The monoisotopic (exact) mass is 237 g/mol. The van der Waals surface area contributed by atoms with E-state index in [9.17, 15) is 19.1 Å². The smallest absolute Gasteiger partial charge is 0.331 e. The number of hydrogen-bond acceptors (Lipinski definition) is 4. The van der Waals surface area contributed by atoms with Crippen LogP contribution in [-0.4, -0.2) is 19.6 Å². The van der Waals surface area contributed by atoms with Crippen molar-refractivity contribution in [2.24, 2.45) is 0 Å². The van der Waals surface area contributed by atoms with Crippen molar-refractivity contribution in [2.45, 2.75) is 6.54 Å². The average molecular weight is 237 g/mol. The van der Waals surface area contributed by atoms with Crippen molar-refractivity contribution in [3.63, 3.8) is 0 Å². The lowest BCUT2D eigenvalue weighted by atomic mass is 10.3. The summed E-state index contributed by atoms with van der Waals surface area (Å²) >= 11 is 0. The van der Waals surface area contributed by atoms with Gasteiger partial charge in [-0.1, -0.05) is 6.07 Å². The first-order valence-corrected chi connectivity index (χ1v) is 4.71. The molecule has 6 nitrogen and oxygen atoms in total. The number of hydrogen-bond donors (Lipinski definition) is 2. The van der Waals surface area contributed by atoms with E-state index in [1.54, 1.807) is 23.2 Å². The molecule has 0 bridgehead atoms. The lowest BCUT2D eigenvalue weighted by Gasteiger charge is -2.06. The second-order valence-electron chi connectivity index (χ2n) is 3.30. The molecule has 0 fully saturated rings. The van der Waals surface area contributed by atoms with E-state index in [1.165, 1.54) is 6.20 Å². The Morgan fingerprint density at radius 3 is 2.82 bits per heavy atom. The number of aromatic amines is 1. The van der Waals surface area contributed by atoms with Gasteiger partial charge >= 0.3 is 5.69 Å². The summed E-state index contributed by atoms with van der Waals surface area (Å²) in [6, 6.07) is 4.97. The SMILES string of the molecule is O=c1[nH]c(=O)n(Cc2ccccn2)c(O)c1F. The van der Waals surface area contributed by atoms with E-state index in [2.05, 4.69) is 4.98 Å². The molecule has 2 heterocycles. The third kappa shape index (κ3) is 2.07. The summed E-state index contributed by atoms with van der Waals surface area (Å²) in [5, 5.41) is 9.36. The van der Waals surface area contributed by atoms with E-state index in [-0.39, 0.29) is 6.54 Å². The summed E-state index contributed by atoms with van der Waals surface area (Å²) in [7, 11) is 0. The molecule has 0 spiro atoms. The molecular weight excluding hydrogens is 229 g/mol. The predicted octanol–water partition coefficient (Wildman–Crippen LogP) is -0.175. The minimum Gasteiger partial charge on any atom is -0.492 e. The molecule has 7 heteroatoms. The molecular formula is C10H8FN3O3. The molecule has 0 unspecified atom stereocenters. The number of pyridine rings is 1. The van der Waals surface area contributed by atoms with Crippen LogP contribution in [0.3, 0.4) is 0 Å². The minimum absolute atomic E-state index is 0.126. The van der Waals surface area contributed by atoms with Crippen LogP contribution in [0.5, 0.6) is 5.88 Å². The number of rotatable bonds is 2. The molecule has 0 aromatic carbocycles. The Morgan fingerprint density at radius 1 is 1.41 bits per heavy atom. The molecule has 0 atom stereocenters. The number of aromatic hydroxyl groups is 1. The van der Waals surface area contributed by atoms with Gasteiger partial charge in [0, 0.05) is 6.20 Å². The van der Waals surface area contributed by atoms with E-state index in [0.29, 0.717) is 10.3 Å². The average Bonchev–Trinajstić information content (AvgIpc) is 2.33. The zero-order valence-electron chi connectivity index (χ0n) is 8.55. The van der Waals surface area contributed by atoms with Gasteiger partial charge in [-0.15, -0.1) is 0 Å². The van der Waals surface area contributed by atoms with Gasteiger partial charge in [0.25, 0.3) is 5.56 Å². The van der Waals surface area contributed by atoms with Gasteiger partial charge < -0.3 is 5.11 Å². The lowest BCUT2D eigenvalue weighted by molar-refractivity contribution is 0.366. The van der Waals surface area contributed by atoms with E-state index in [1.807, 2.05) is 0 Å². The molecule has 0 saturated carbocycles. The van der Waals surface area contributed by atoms with Gasteiger partial charge in [0.15, 0.2) is 0 Å². The van der Waals surface area contributed by atoms with Crippen molar-refractivity contribution >= 4 is 0 Å². The summed E-state index contributed by atoms with van der Waals surface area (Å²) in [6.45, 7) is -0.126. The van der Waals surface area contributed by atoms with Crippen molar-refractivity contribution < 1.29 is 9.50 Å². The van der Waals surface area contributed by atoms with Crippen molar-refractivity contribution in [3.8, 4) is 5.88 Å². The van der Waals surface area contributed by atoms with Gasteiger partial charge in [-0.2, -0.15) is 4.39 Å². The summed E-state index contributed by atoms with van der Waals surface area (Å²) in [5.41, 5.74) is -1.68. The van der Waals surface area contributed by atoms with Gasteiger partial charge in [-0.3, -0.25) is 19.3 Å². The highest BCUT2D eigenvalue weighted by atomic mass is 19.1. The zero-order chi connectivity index (χ0) is 12.4. The van der Waals surface area contributed by atoms with Crippen molar-refractivity contribution in [2.75, 3.05) is 0 Å². The second-order valence-corrected chi connectivity index (χ2v) is 3.30. The molecule has 17 heavy (non-hydrogen) atoms. The van der Waals surface area contributed by atoms with Crippen molar-refractivity contribution in [1.29, 1.82) is 0 Å². The quantitative estimate of drug-likeness (QED) is 0.758. The largest absolute Gasteiger partial charge is 0.492 e. The maximum Gasteiger partial charge on any atom is 0.331 e. The number of aromatic nitrogens is 3. The van der Waals surface area contributed by atoms with Crippen LogP contribution >= 0.6 is 0 Å². The third-order valence-corrected chi connectivity index (χ3v) is 2.16. The first kappa shape index (κ1) is 11.1. The number of nitrogens with zero attached hydrogens (tertiary/aromatic N) is 2. The topological polar surface area (TPSA) is 88.0 Å². The second kappa shape index (κ2) is 4.20. The van der Waals surface area contributed by atoms with Crippen molar-refractivity contribution in [1.82, 2.24) is 14.5 Å². The molecule has 2 aromatic heterocycles. The van der Waals surface area contributed by atoms with Gasteiger partial charge in [0.05, 0.1) is 12.2 Å². The number of halogens is 1. The Labute approximate surface area is 94.0 Å². The zero-order valence-corrected chi connectivity index (χ0v) is 8.55. The molecule has 2 N–H and O–H groups in total. The third-order valence-electron chi connectivity index (χ3n) is 2.16. The Bertz CT molecular complexity index is 648. The maximum absolute atomic E-state index is 13.1. The van der Waals surface area contributed by atoms with Gasteiger partial charge in [-0.25, -0.2) is 4.79 Å². The van der Waals surface area contributed by atoms with E-state index in [4.69, 9.17) is 0 Å². The predicted molar refractivity (Wildman–Crippen MR) is 56.3 cm³/mol. The standard InChI is InChI=1S/C10H8FN3O3/c11-7-8(15)13-10(17)14(9(7)16)5-6-3-1-2-4-12-6/h1-4,16H,5H2,(H,13,15,17). The Kier molecular flexibility index (Phi) is 2.73. The number of nitrogens with one attached hydrogen (secondary N) is 1. The fourth-order valence-electron chi connectivity index (χ4n) is 1.34. The van der Waals surface area contributed by atoms with Crippen LogP contribution in [0.25, 0.3) is 0 Å². The van der Waals surface area contributed by atoms with Crippen LogP contribution in [0.1, 0.15) is 5.69 Å². The van der Waals surface area contributed by atoms with Crippen LogP contribution in [-0.2, 0) is 6.54 Å². The summed E-state index contributed by atoms with van der Waals surface area (Å²) in [5.74, 6) is -2.38. The first-order valence-electron chi connectivity index (χ1n) is 4.71. The minimum atomic E-state index is -1.39. The van der Waals surface area contributed by atoms with Crippen LogP contribution in [0.2, 0.25) is 0 Å². The highest BCUT2D eigenvalue weighted by Gasteiger charge is 2.13. The molecule has 0 aliphatic heterocycles. The maximum atomic E-state index is 13.1. The summed E-state index contributed by atoms with van der Waals surface area (Å²) in [6.07, 6.45) is 1.50. The van der Waals surface area contributed by atoms with Crippen LogP contribution in [0.4, 0.5) is 4.39 Å². The molecule has 0 amide bonds. The molecule has 88 valence electrons. The van der Waals surface area contributed by atoms with E-state index >= 15 is 0 Å². The van der Waals surface area contributed by atoms with Gasteiger partial charge in [0.1, 0.15) is 0 Å². The van der Waals surface area contributed by atoms with Crippen molar-refractivity contribution in [3.05, 3.63) is 56.7 Å². The van der Waals surface area contributed by atoms with E-state index < -0.39 is 22.9 Å². The normalized spacial score (nSPS) is 10.4. The van der Waals surface area contributed by atoms with Crippen LogP contribution < -0.4 is 11.2 Å². The molecule has 2 aromatic rings. The Hall–Kier alpha value is -2.44. The summed E-state index contributed by atoms with van der Waals surface area (Å²) < 4.78 is 13.8. The van der Waals surface area contributed by atoms with Gasteiger partial charge in [-0.05, 0) is 12.1 Å².